The summed E-state index contributed by atoms with van der Waals surface area (Å²) in [5.41, 5.74) is 3.04. The molecule has 2 aromatic rings. The maximum atomic E-state index is 13.4. The van der Waals surface area contributed by atoms with Crippen LogP contribution in [-0.4, -0.2) is 64.2 Å². The van der Waals surface area contributed by atoms with Gasteiger partial charge in [-0.3, -0.25) is 9.69 Å². The molecule has 0 spiro atoms. The Morgan fingerprint density at radius 1 is 1.21 bits per heavy atom. The SMILES string of the molecule is NC(=O)C1CN(CC2(O)CCN(c3nc(Oc4cccc(F)c4)cc(C(F)(F)F)n3)CC2)C1. The third kappa shape index (κ3) is 5.50. The van der Waals surface area contributed by atoms with Gasteiger partial charge in [-0.05, 0) is 25.0 Å². The van der Waals surface area contributed by atoms with Gasteiger partial charge in [0.25, 0.3) is 0 Å². The van der Waals surface area contributed by atoms with Gasteiger partial charge in [-0.1, -0.05) is 6.07 Å². The lowest BCUT2D eigenvalue weighted by Gasteiger charge is -2.45. The van der Waals surface area contributed by atoms with Crippen LogP contribution in [0.15, 0.2) is 30.3 Å². The molecule has 12 heteroatoms. The van der Waals surface area contributed by atoms with Crippen LogP contribution in [0.25, 0.3) is 0 Å². The molecular formula is C21H23F4N5O3. The summed E-state index contributed by atoms with van der Waals surface area (Å²) in [6, 6.07) is 5.65. The fraction of sp³-hybridized carbons (Fsp3) is 0.476. The number of hydrogen-bond donors (Lipinski definition) is 2. The average molecular weight is 469 g/mol. The van der Waals surface area contributed by atoms with Crippen LogP contribution in [0.2, 0.25) is 0 Å². The molecule has 3 heterocycles. The first-order valence-electron chi connectivity index (χ1n) is 10.4. The number of piperidine rings is 1. The highest BCUT2D eigenvalue weighted by Gasteiger charge is 2.40. The molecule has 8 nitrogen and oxygen atoms in total. The van der Waals surface area contributed by atoms with Gasteiger partial charge in [0.15, 0.2) is 5.69 Å². The number of carbonyl (C=O) groups excluding carboxylic acids is 1. The molecular weight excluding hydrogens is 446 g/mol. The van der Waals surface area contributed by atoms with Gasteiger partial charge < -0.3 is 20.5 Å². The summed E-state index contributed by atoms with van der Waals surface area (Å²) in [6.07, 6.45) is -4.17. The van der Waals surface area contributed by atoms with E-state index < -0.39 is 23.3 Å². The van der Waals surface area contributed by atoms with Gasteiger partial charge >= 0.3 is 6.18 Å². The second-order valence-corrected chi connectivity index (χ2v) is 8.45. The molecule has 0 saturated carbocycles. The van der Waals surface area contributed by atoms with E-state index in [0.29, 0.717) is 25.7 Å². The highest BCUT2D eigenvalue weighted by Crippen LogP contribution is 2.34. The molecule has 0 atom stereocenters. The lowest BCUT2D eigenvalue weighted by atomic mass is 9.88. The monoisotopic (exact) mass is 469 g/mol. The van der Waals surface area contributed by atoms with E-state index in [1.165, 1.54) is 18.2 Å². The van der Waals surface area contributed by atoms with E-state index in [4.69, 9.17) is 10.5 Å². The minimum Gasteiger partial charge on any atom is -0.439 e. The Hall–Kier alpha value is -2.99. The topological polar surface area (TPSA) is 105 Å². The summed E-state index contributed by atoms with van der Waals surface area (Å²) in [6.45, 7) is 1.77. The highest BCUT2D eigenvalue weighted by atomic mass is 19.4. The molecule has 3 N–H and O–H groups in total. The summed E-state index contributed by atoms with van der Waals surface area (Å²) in [4.78, 5) is 22.4. The number of nitrogens with zero attached hydrogens (tertiary/aromatic N) is 4. The lowest BCUT2D eigenvalue weighted by molar-refractivity contribution is -0.141. The van der Waals surface area contributed by atoms with Gasteiger partial charge in [0, 0.05) is 44.9 Å². The fourth-order valence-corrected chi connectivity index (χ4v) is 3.98. The molecule has 2 fully saturated rings. The second-order valence-electron chi connectivity index (χ2n) is 8.45. The number of aromatic nitrogens is 2. The van der Waals surface area contributed by atoms with E-state index in [1.54, 1.807) is 4.90 Å². The first-order valence-corrected chi connectivity index (χ1v) is 10.4. The third-order valence-electron chi connectivity index (χ3n) is 5.85. The van der Waals surface area contributed by atoms with Crippen LogP contribution < -0.4 is 15.4 Å². The van der Waals surface area contributed by atoms with Gasteiger partial charge in [0.05, 0.1) is 11.5 Å². The van der Waals surface area contributed by atoms with Crippen molar-refractivity contribution in [2.75, 3.05) is 37.6 Å². The Labute approximate surface area is 187 Å². The summed E-state index contributed by atoms with van der Waals surface area (Å²) < 4.78 is 59.0. The Bertz CT molecular complexity index is 1020. The number of halogens is 4. The van der Waals surface area contributed by atoms with Crippen LogP contribution in [-0.2, 0) is 11.0 Å². The number of alkyl halides is 3. The maximum absolute atomic E-state index is 13.4. The first-order chi connectivity index (χ1) is 15.5. The quantitative estimate of drug-likeness (QED) is 0.625. The van der Waals surface area contributed by atoms with E-state index in [0.717, 1.165) is 6.07 Å². The number of aliphatic hydroxyl groups is 1. The van der Waals surface area contributed by atoms with Gasteiger partial charge in [-0.2, -0.15) is 18.2 Å². The standard InChI is InChI=1S/C21H23F4N5O3/c22-14-2-1-3-15(8-14)33-17-9-16(21(23,24)25)27-19(28-17)30-6-4-20(32,5-7-30)12-29-10-13(11-29)18(26)31/h1-3,8-9,13,32H,4-7,10-12H2,(H2,26,31). The van der Waals surface area contributed by atoms with Crippen molar-refractivity contribution in [2.24, 2.45) is 11.7 Å². The number of hydrogen-bond acceptors (Lipinski definition) is 7. The number of benzene rings is 1. The molecule has 2 aliphatic rings. The molecule has 1 aromatic heterocycles. The van der Waals surface area contributed by atoms with E-state index in [1.807, 2.05) is 4.90 Å². The largest absolute Gasteiger partial charge is 0.439 e. The number of carbonyl (C=O) groups is 1. The molecule has 1 amide bonds. The van der Waals surface area contributed by atoms with Crippen LogP contribution in [0.3, 0.4) is 0 Å². The summed E-state index contributed by atoms with van der Waals surface area (Å²) in [5, 5.41) is 10.9. The van der Waals surface area contributed by atoms with E-state index in [2.05, 4.69) is 9.97 Å². The zero-order valence-corrected chi connectivity index (χ0v) is 17.6. The number of nitrogens with two attached hydrogens (primary N) is 1. The predicted molar refractivity (Wildman–Crippen MR) is 109 cm³/mol. The van der Waals surface area contributed by atoms with Gasteiger partial charge in [0.2, 0.25) is 17.7 Å². The molecule has 4 rings (SSSR count). The highest BCUT2D eigenvalue weighted by molar-refractivity contribution is 5.78. The fourth-order valence-electron chi connectivity index (χ4n) is 3.98. The minimum atomic E-state index is -4.73. The predicted octanol–water partition coefficient (Wildman–Crippen LogP) is 2.18. The van der Waals surface area contributed by atoms with Crippen LogP contribution in [0.4, 0.5) is 23.5 Å². The van der Waals surface area contributed by atoms with Crippen molar-refractivity contribution in [2.45, 2.75) is 24.6 Å². The van der Waals surface area contributed by atoms with Crippen molar-refractivity contribution in [1.82, 2.24) is 14.9 Å². The number of amides is 1. The third-order valence-corrected chi connectivity index (χ3v) is 5.85. The molecule has 1 aromatic carbocycles. The summed E-state index contributed by atoms with van der Waals surface area (Å²) in [7, 11) is 0. The summed E-state index contributed by atoms with van der Waals surface area (Å²) >= 11 is 0. The zero-order chi connectivity index (χ0) is 23.8. The van der Waals surface area contributed by atoms with Gasteiger partial charge in [0.1, 0.15) is 11.6 Å². The van der Waals surface area contributed by atoms with E-state index in [9.17, 15) is 27.5 Å². The van der Waals surface area contributed by atoms with Crippen LogP contribution in [0, 0.1) is 11.7 Å². The Morgan fingerprint density at radius 2 is 1.91 bits per heavy atom. The van der Waals surface area contributed by atoms with Crippen molar-refractivity contribution in [3.05, 3.63) is 41.8 Å². The first kappa shape index (κ1) is 23.2. The van der Waals surface area contributed by atoms with Crippen molar-refractivity contribution >= 4 is 11.9 Å². The van der Waals surface area contributed by atoms with Crippen molar-refractivity contribution in [3.8, 4) is 11.6 Å². The van der Waals surface area contributed by atoms with E-state index >= 15 is 0 Å². The van der Waals surface area contributed by atoms with Crippen molar-refractivity contribution in [3.63, 3.8) is 0 Å². The van der Waals surface area contributed by atoms with Crippen molar-refractivity contribution < 1.29 is 32.2 Å². The molecule has 0 aliphatic carbocycles. The number of rotatable bonds is 6. The number of ether oxygens (including phenoxy) is 1. The maximum Gasteiger partial charge on any atom is 0.433 e. The number of likely N-dealkylation sites (tertiary alicyclic amines) is 1. The smallest absolute Gasteiger partial charge is 0.433 e. The number of β-amino-alcohol motifs (C(OH)–C–C–N with tert-alkyl or cyclic N) is 1. The van der Waals surface area contributed by atoms with Crippen LogP contribution >= 0.6 is 0 Å². The number of primary amides is 1. The molecule has 2 saturated heterocycles. The number of anilines is 1. The van der Waals surface area contributed by atoms with Crippen LogP contribution in [0.5, 0.6) is 11.6 Å². The van der Waals surface area contributed by atoms with Gasteiger partial charge in [-0.25, -0.2) is 9.37 Å². The van der Waals surface area contributed by atoms with Gasteiger partial charge in [-0.15, -0.1) is 0 Å². The lowest BCUT2D eigenvalue weighted by Crippen LogP contribution is -2.59. The minimum absolute atomic E-state index is 0.00427. The Morgan fingerprint density at radius 3 is 2.52 bits per heavy atom. The molecule has 2 aliphatic heterocycles. The van der Waals surface area contributed by atoms with Crippen LogP contribution in [0.1, 0.15) is 18.5 Å². The zero-order valence-electron chi connectivity index (χ0n) is 17.6. The van der Waals surface area contributed by atoms with E-state index in [-0.39, 0.29) is 55.3 Å². The van der Waals surface area contributed by atoms with Crippen molar-refractivity contribution in [1.29, 1.82) is 0 Å². The Balaban J connectivity index is 1.46. The average Bonchev–Trinajstić information content (AvgIpc) is 2.70. The second kappa shape index (κ2) is 8.75. The molecule has 33 heavy (non-hydrogen) atoms. The molecule has 0 unspecified atom stereocenters. The Kier molecular flexibility index (Phi) is 6.14. The molecule has 178 valence electrons. The summed E-state index contributed by atoms with van der Waals surface area (Å²) in [5.74, 6) is -1.73. The normalized spacial score (nSPS) is 19.2. The molecule has 0 bridgehead atoms. The molecule has 0 radical (unpaired) electrons.